The Bertz CT molecular complexity index is 183. The number of halogens is 1. The van der Waals surface area contributed by atoms with Crippen LogP contribution in [0.1, 0.15) is 46.0 Å². The first kappa shape index (κ1) is 10.5. The van der Waals surface area contributed by atoms with Gasteiger partial charge in [-0.2, -0.15) is 4.39 Å². The summed E-state index contributed by atoms with van der Waals surface area (Å²) in [5.41, 5.74) is 0. The van der Waals surface area contributed by atoms with Crippen molar-refractivity contribution in [2.45, 2.75) is 51.8 Å². The zero-order chi connectivity index (χ0) is 9.90. The van der Waals surface area contributed by atoms with E-state index in [1.165, 1.54) is 6.92 Å². The highest BCUT2D eigenvalue weighted by molar-refractivity contribution is 5.69. The maximum absolute atomic E-state index is 13.8. The molecule has 76 valence electrons. The molecule has 0 heterocycles. The number of esters is 1. The summed E-state index contributed by atoms with van der Waals surface area (Å²) in [5, 5.41) is 0. The van der Waals surface area contributed by atoms with E-state index in [2.05, 4.69) is 0 Å². The third-order valence-electron chi connectivity index (χ3n) is 2.69. The predicted molar refractivity (Wildman–Crippen MR) is 47.9 cm³/mol. The minimum absolute atomic E-state index is 0.0944. The fourth-order valence-corrected chi connectivity index (χ4v) is 1.82. The van der Waals surface area contributed by atoms with Gasteiger partial charge in [-0.25, -0.2) is 0 Å². The van der Waals surface area contributed by atoms with E-state index in [9.17, 15) is 9.18 Å². The normalized spacial score (nSPS) is 22.7. The molecule has 0 N–H and O–H groups in total. The van der Waals surface area contributed by atoms with Gasteiger partial charge in [0.05, 0.1) is 0 Å². The van der Waals surface area contributed by atoms with Crippen LogP contribution in [0.25, 0.3) is 0 Å². The number of ether oxygens (including phenoxy) is 1. The molecule has 1 aliphatic carbocycles. The van der Waals surface area contributed by atoms with Crippen LogP contribution in [0, 0.1) is 5.92 Å². The van der Waals surface area contributed by atoms with E-state index in [1.54, 1.807) is 6.92 Å². The molecule has 1 unspecified atom stereocenters. The van der Waals surface area contributed by atoms with E-state index in [-0.39, 0.29) is 12.3 Å². The molecule has 0 amide bonds. The second kappa shape index (κ2) is 4.07. The maximum atomic E-state index is 13.8. The number of hydrogen-bond donors (Lipinski definition) is 0. The van der Waals surface area contributed by atoms with Crippen molar-refractivity contribution >= 4 is 5.97 Å². The predicted octanol–water partition coefficient (Wildman–Crippen LogP) is 2.82. The number of hydrogen-bond acceptors (Lipinski definition) is 2. The Morgan fingerprint density at radius 2 is 2.08 bits per heavy atom. The van der Waals surface area contributed by atoms with Crippen molar-refractivity contribution in [1.82, 2.24) is 0 Å². The number of rotatable bonds is 3. The molecule has 1 atom stereocenters. The zero-order valence-corrected chi connectivity index (χ0v) is 8.31. The number of carbonyl (C=O) groups excluding carboxylic acids is 1. The van der Waals surface area contributed by atoms with Gasteiger partial charge in [0.15, 0.2) is 0 Å². The largest absolute Gasteiger partial charge is 0.429 e. The molecule has 1 fully saturated rings. The molecule has 13 heavy (non-hydrogen) atoms. The SMILES string of the molecule is CCC(=O)OC(C)(F)C1CCCC1. The van der Waals surface area contributed by atoms with Crippen LogP contribution in [-0.2, 0) is 9.53 Å². The molecule has 3 heteroatoms. The van der Waals surface area contributed by atoms with Gasteiger partial charge in [0.2, 0.25) is 0 Å². The quantitative estimate of drug-likeness (QED) is 0.636. The molecule has 1 aliphatic rings. The molecule has 0 aromatic rings. The van der Waals surface area contributed by atoms with E-state index in [4.69, 9.17) is 4.74 Å². The molecule has 0 bridgehead atoms. The van der Waals surface area contributed by atoms with Crippen LogP contribution in [0.15, 0.2) is 0 Å². The van der Waals surface area contributed by atoms with Gasteiger partial charge in [0, 0.05) is 19.3 Å². The first-order valence-electron chi connectivity index (χ1n) is 4.97. The lowest BCUT2D eigenvalue weighted by atomic mass is 10.00. The van der Waals surface area contributed by atoms with Crippen LogP contribution in [0.5, 0.6) is 0 Å². The molecule has 2 nitrogen and oxygen atoms in total. The summed E-state index contributed by atoms with van der Waals surface area (Å²) in [6.45, 7) is 3.05. The Morgan fingerprint density at radius 3 is 2.54 bits per heavy atom. The summed E-state index contributed by atoms with van der Waals surface area (Å²) in [7, 11) is 0. The molecule has 0 aromatic heterocycles. The molecule has 0 aromatic carbocycles. The summed E-state index contributed by atoms with van der Waals surface area (Å²) in [5.74, 6) is -2.29. The Kier molecular flexibility index (Phi) is 3.28. The van der Waals surface area contributed by atoms with E-state index < -0.39 is 11.8 Å². The average Bonchev–Trinajstić information content (AvgIpc) is 2.55. The lowest BCUT2D eigenvalue weighted by Crippen LogP contribution is -2.33. The van der Waals surface area contributed by atoms with Crippen LogP contribution in [-0.4, -0.2) is 11.8 Å². The summed E-state index contributed by atoms with van der Waals surface area (Å²) in [6, 6.07) is 0. The lowest BCUT2D eigenvalue weighted by molar-refractivity contribution is -0.190. The minimum atomic E-state index is -1.75. The van der Waals surface area contributed by atoms with Gasteiger partial charge in [0.25, 0.3) is 5.85 Å². The van der Waals surface area contributed by atoms with E-state index >= 15 is 0 Å². The van der Waals surface area contributed by atoms with Gasteiger partial charge in [-0.1, -0.05) is 19.8 Å². The Balaban J connectivity index is 2.48. The van der Waals surface area contributed by atoms with E-state index in [0.29, 0.717) is 0 Å². The first-order chi connectivity index (χ1) is 6.06. The Hall–Kier alpha value is -0.600. The van der Waals surface area contributed by atoms with Crippen molar-refractivity contribution in [2.24, 2.45) is 5.92 Å². The van der Waals surface area contributed by atoms with Gasteiger partial charge in [-0.15, -0.1) is 0 Å². The second-order valence-corrected chi connectivity index (χ2v) is 3.79. The third-order valence-corrected chi connectivity index (χ3v) is 2.69. The van der Waals surface area contributed by atoms with Crippen molar-refractivity contribution in [2.75, 3.05) is 0 Å². The highest BCUT2D eigenvalue weighted by Gasteiger charge is 2.39. The topological polar surface area (TPSA) is 26.3 Å². The third kappa shape index (κ3) is 2.68. The van der Waals surface area contributed by atoms with Crippen LogP contribution in [0.2, 0.25) is 0 Å². The van der Waals surface area contributed by atoms with Crippen molar-refractivity contribution in [3.8, 4) is 0 Å². The van der Waals surface area contributed by atoms with Gasteiger partial charge < -0.3 is 4.74 Å². The fourth-order valence-electron chi connectivity index (χ4n) is 1.82. The zero-order valence-electron chi connectivity index (χ0n) is 8.31. The van der Waals surface area contributed by atoms with Crippen molar-refractivity contribution in [1.29, 1.82) is 0 Å². The van der Waals surface area contributed by atoms with Crippen molar-refractivity contribution in [3.63, 3.8) is 0 Å². The summed E-state index contributed by atoms with van der Waals surface area (Å²) < 4.78 is 18.6. The number of alkyl halides is 1. The molecule has 0 aliphatic heterocycles. The monoisotopic (exact) mass is 188 g/mol. The second-order valence-electron chi connectivity index (χ2n) is 3.79. The maximum Gasteiger partial charge on any atom is 0.308 e. The van der Waals surface area contributed by atoms with Crippen LogP contribution >= 0.6 is 0 Å². The highest BCUT2D eigenvalue weighted by atomic mass is 19.2. The summed E-state index contributed by atoms with van der Waals surface area (Å²) >= 11 is 0. The molecule has 0 spiro atoms. The first-order valence-corrected chi connectivity index (χ1v) is 4.97. The minimum Gasteiger partial charge on any atom is -0.429 e. The van der Waals surface area contributed by atoms with E-state index in [1.807, 2.05) is 0 Å². The Morgan fingerprint density at radius 1 is 1.54 bits per heavy atom. The smallest absolute Gasteiger partial charge is 0.308 e. The van der Waals surface area contributed by atoms with Crippen LogP contribution in [0.3, 0.4) is 0 Å². The van der Waals surface area contributed by atoms with Gasteiger partial charge in [-0.05, 0) is 12.8 Å². The highest BCUT2D eigenvalue weighted by Crippen LogP contribution is 2.37. The number of carbonyl (C=O) groups is 1. The molecule has 0 saturated heterocycles. The van der Waals surface area contributed by atoms with Gasteiger partial charge in [0.1, 0.15) is 0 Å². The Labute approximate surface area is 78.5 Å². The molecular formula is C10H17FO2. The van der Waals surface area contributed by atoms with Crippen LogP contribution < -0.4 is 0 Å². The lowest BCUT2D eigenvalue weighted by Gasteiger charge is -2.26. The van der Waals surface area contributed by atoms with Gasteiger partial charge >= 0.3 is 5.97 Å². The summed E-state index contributed by atoms with van der Waals surface area (Å²) in [6.07, 6.45) is 4.02. The van der Waals surface area contributed by atoms with Crippen LogP contribution in [0.4, 0.5) is 4.39 Å². The van der Waals surface area contributed by atoms with Crippen molar-refractivity contribution in [3.05, 3.63) is 0 Å². The summed E-state index contributed by atoms with van der Waals surface area (Å²) in [4.78, 5) is 10.9. The average molecular weight is 188 g/mol. The standard InChI is InChI=1S/C10H17FO2/c1-3-9(12)13-10(2,11)8-6-4-5-7-8/h8H,3-7H2,1-2H3. The van der Waals surface area contributed by atoms with E-state index in [0.717, 1.165) is 25.7 Å². The van der Waals surface area contributed by atoms with Gasteiger partial charge in [-0.3, -0.25) is 4.79 Å². The molecule has 1 saturated carbocycles. The molecular weight excluding hydrogens is 171 g/mol. The molecule has 0 radical (unpaired) electrons. The fraction of sp³-hybridized carbons (Fsp3) is 0.900. The van der Waals surface area contributed by atoms with Crippen molar-refractivity contribution < 1.29 is 13.9 Å². The molecule has 1 rings (SSSR count).